The van der Waals surface area contributed by atoms with Crippen molar-refractivity contribution in [3.8, 4) is 17.1 Å². The SMILES string of the molecule is CCOc1cccc(-c2noc(CCC(C)NC)n2)c1. The summed E-state index contributed by atoms with van der Waals surface area (Å²) in [5.74, 6) is 2.10. The lowest BCUT2D eigenvalue weighted by molar-refractivity contribution is 0.340. The highest BCUT2D eigenvalue weighted by Gasteiger charge is 2.10. The number of nitrogens with zero attached hydrogens (tertiary/aromatic N) is 2. The van der Waals surface area contributed by atoms with Crippen LogP contribution in [0, 0.1) is 0 Å². The summed E-state index contributed by atoms with van der Waals surface area (Å²) in [6, 6.07) is 8.16. The molecule has 5 heteroatoms. The normalized spacial score (nSPS) is 12.3. The Morgan fingerprint density at radius 1 is 1.40 bits per heavy atom. The Balaban J connectivity index is 2.06. The van der Waals surface area contributed by atoms with Crippen molar-refractivity contribution in [3.63, 3.8) is 0 Å². The topological polar surface area (TPSA) is 60.2 Å². The van der Waals surface area contributed by atoms with E-state index in [1.807, 2.05) is 38.2 Å². The van der Waals surface area contributed by atoms with E-state index in [0.717, 1.165) is 24.2 Å². The Labute approximate surface area is 119 Å². The summed E-state index contributed by atoms with van der Waals surface area (Å²) >= 11 is 0. The van der Waals surface area contributed by atoms with Crippen LogP contribution in [-0.2, 0) is 6.42 Å². The molecule has 0 fully saturated rings. The van der Waals surface area contributed by atoms with Gasteiger partial charge in [-0.15, -0.1) is 0 Å². The van der Waals surface area contributed by atoms with Crippen LogP contribution in [-0.4, -0.2) is 29.8 Å². The second-order valence-electron chi connectivity index (χ2n) is 4.70. The van der Waals surface area contributed by atoms with Gasteiger partial charge in [-0.1, -0.05) is 17.3 Å². The summed E-state index contributed by atoms with van der Waals surface area (Å²) in [7, 11) is 1.95. The van der Waals surface area contributed by atoms with Gasteiger partial charge < -0.3 is 14.6 Å². The molecule has 1 unspecified atom stereocenters. The van der Waals surface area contributed by atoms with Crippen LogP contribution in [0.2, 0.25) is 0 Å². The standard InChI is InChI=1S/C15H21N3O2/c1-4-19-13-7-5-6-12(10-13)15-17-14(20-18-15)9-8-11(2)16-3/h5-7,10-11,16H,4,8-9H2,1-3H3. The maximum Gasteiger partial charge on any atom is 0.227 e. The van der Waals surface area contributed by atoms with E-state index >= 15 is 0 Å². The maximum atomic E-state index is 5.47. The molecule has 1 heterocycles. The lowest BCUT2D eigenvalue weighted by Gasteiger charge is -2.06. The molecule has 1 aromatic heterocycles. The minimum absolute atomic E-state index is 0.437. The van der Waals surface area contributed by atoms with E-state index in [4.69, 9.17) is 9.26 Å². The van der Waals surface area contributed by atoms with E-state index in [9.17, 15) is 0 Å². The first-order chi connectivity index (χ1) is 9.72. The van der Waals surface area contributed by atoms with Crippen LogP contribution in [0.1, 0.15) is 26.2 Å². The smallest absolute Gasteiger partial charge is 0.227 e. The first-order valence-corrected chi connectivity index (χ1v) is 6.96. The number of aromatic nitrogens is 2. The molecule has 0 aliphatic rings. The highest BCUT2D eigenvalue weighted by molar-refractivity contribution is 5.56. The summed E-state index contributed by atoms with van der Waals surface area (Å²) in [5.41, 5.74) is 0.910. The fraction of sp³-hybridized carbons (Fsp3) is 0.467. The molecule has 0 aliphatic carbocycles. The zero-order valence-electron chi connectivity index (χ0n) is 12.2. The summed E-state index contributed by atoms with van der Waals surface area (Å²) in [6.07, 6.45) is 1.75. The lowest BCUT2D eigenvalue weighted by Crippen LogP contribution is -2.21. The quantitative estimate of drug-likeness (QED) is 0.841. The molecule has 1 N–H and O–H groups in total. The largest absolute Gasteiger partial charge is 0.494 e. The van der Waals surface area contributed by atoms with Gasteiger partial charge in [0.1, 0.15) is 5.75 Å². The Hall–Kier alpha value is -1.88. The van der Waals surface area contributed by atoms with E-state index in [1.54, 1.807) is 0 Å². The highest BCUT2D eigenvalue weighted by Crippen LogP contribution is 2.21. The van der Waals surface area contributed by atoms with Crippen LogP contribution in [0.15, 0.2) is 28.8 Å². The second-order valence-corrected chi connectivity index (χ2v) is 4.70. The van der Waals surface area contributed by atoms with Crippen LogP contribution < -0.4 is 10.1 Å². The van der Waals surface area contributed by atoms with Gasteiger partial charge in [0, 0.05) is 18.0 Å². The molecular weight excluding hydrogens is 254 g/mol. The third-order valence-corrected chi connectivity index (χ3v) is 3.16. The minimum Gasteiger partial charge on any atom is -0.494 e. The van der Waals surface area contributed by atoms with Crippen LogP contribution >= 0.6 is 0 Å². The molecule has 2 rings (SSSR count). The molecule has 1 aromatic carbocycles. The van der Waals surface area contributed by atoms with Crippen molar-refractivity contribution in [1.29, 1.82) is 0 Å². The van der Waals surface area contributed by atoms with Crippen molar-refractivity contribution in [2.75, 3.05) is 13.7 Å². The maximum absolute atomic E-state index is 5.47. The zero-order valence-corrected chi connectivity index (χ0v) is 12.2. The molecule has 0 saturated carbocycles. The number of ether oxygens (including phenoxy) is 1. The van der Waals surface area contributed by atoms with E-state index in [0.29, 0.717) is 24.4 Å². The van der Waals surface area contributed by atoms with Crippen LogP contribution in [0.4, 0.5) is 0 Å². The molecule has 0 aliphatic heterocycles. The predicted octanol–water partition coefficient (Wildman–Crippen LogP) is 2.68. The van der Waals surface area contributed by atoms with Gasteiger partial charge in [-0.25, -0.2) is 0 Å². The molecule has 0 bridgehead atoms. The van der Waals surface area contributed by atoms with E-state index < -0.39 is 0 Å². The Kier molecular flexibility index (Phi) is 5.12. The third-order valence-electron chi connectivity index (χ3n) is 3.16. The van der Waals surface area contributed by atoms with E-state index in [1.165, 1.54) is 0 Å². The fourth-order valence-corrected chi connectivity index (χ4v) is 1.85. The summed E-state index contributed by atoms with van der Waals surface area (Å²) in [6.45, 7) is 4.73. The van der Waals surface area contributed by atoms with Gasteiger partial charge in [0.25, 0.3) is 0 Å². The third kappa shape index (κ3) is 3.81. The van der Waals surface area contributed by atoms with Crippen molar-refractivity contribution in [2.45, 2.75) is 32.7 Å². The predicted molar refractivity (Wildman–Crippen MR) is 77.7 cm³/mol. The summed E-state index contributed by atoms with van der Waals surface area (Å²) in [4.78, 5) is 4.43. The van der Waals surface area contributed by atoms with Crippen molar-refractivity contribution in [3.05, 3.63) is 30.2 Å². The molecule has 20 heavy (non-hydrogen) atoms. The van der Waals surface area contributed by atoms with Gasteiger partial charge >= 0.3 is 0 Å². The van der Waals surface area contributed by atoms with Crippen LogP contribution in [0.5, 0.6) is 5.75 Å². The van der Waals surface area contributed by atoms with Gasteiger partial charge in [0.2, 0.25) is 11.7 Å². The average molecular weight is 275 g/mol. The molecule has 108 valence electrons. The Bertz CT molecular complexity index is 539. The van der Waals surface area contributed by atoms with Crippen LogP contribution in [0.3, 0.4) is 0 Å². The average Bonchev–Trinajstić information content (AvgIpc) is 2.94. The van der Waals surface area contributed by atoms with Crippen molar-refractivity contribution in [2.24, 2.45) is 0 Å². The Morgan fingerprint density at radius 3 is 3.00 bits per heavy atom. The first-order valence-electron chi connectivity index (χ1n) is 6.96. The summed E-state index contributed by atoms with van der Waals surface area (Å²) in [5, 5.41) is 7.22. The van der Waals surface area contributed by atoms with E-state index in [-0.39, 0.29) is 0 Å². The number of benzene rings is 1. The highest BCUT2D eigenvalue weighted by atomic mass is 16.5. The number of hydrogen-bond acceptors (Lipinski definition) is 5. The Morgan fingerprint density at radius 2 is 2.25 bits per heavy atom. The molecule has 0 radical (unpaired) electrons. The zero-order chi connectivity index (χ0) is 14.4. The van der Waals surface area contributed by atoms with Gasteiger partial charge in [-0.2, -0.15) is 4.98 Å². The molecule has 2 aromatic rings. The first kappa shape index (κ1) is 14.5. The van der Waals surface area contributed by atoms with Crippen LogP contribution in [0.25, 0.3) is 11.4 Å². The molecule has 0 amide bonds. The van der Waals surface area contributed by atoms with Gasteiger partial charge in [-0.3, -0.25) is 0 Å². The van der Waals surface area contributed by atoms with Crippen molar-refractivity contribution >= 4 is 0 Å². The summed E-state index contributed by atoms with van der Waals surface area (Å²) < 4.78 is 10.8. The van der Waals surface area contributed by atoms with Crippen molar-refractivity contribution in [1.82, 2.24) is 15.5 Å². The number of rotatable bonds is 7. The molecule has 0 saturated heterocycles. The minimum atomic E-state index is 0.437. The number of aryl methyl sites for hydroxylation is 1. The fourth-order valence-electron chi connectivity index (χ4n) is 1.85. The molecule has 5 nitrogen and oxygen atoms in total. The number of hydrogen-bond donors (Lipinski definition) is 1. The molecule has 0 spiro atoms. The van der Waals surface area contributed by atoms with Gasteiger partial charge in [0.15, 0.2) is 0 Å². The number of nitrogens with one attached hydrogen (secondary N) is 1. The van der Waals surface area contributed by atoms with Crippen molar-refractivity contribution < 1.29 is 9.26 Å². The van der Waals surface area contributed by atoms with Gasteiger partial charge in [0.05, 0.1) is 6.61 Å². The van der Waals surface area contributed by atoms with Gasteiger partial charge in [-0.05, 0) is 39.4 Å². The molecule has 1 atom stereocenters. The second kappa shape index (κ2) is 7.05. The monoisotopic (exact) mass is 275 g/mol. The molecular formula is C15H21N3O2. The van der Waals surface area contributed by atoms with E-state index in [2.05, 4.69) is 22.4 Å². The lowest BCUT2D eigenvalue weighted by atomic mass is 10.2.